The quantitative estimate of drug-likeness (QED) is 0.500. The molecule has 0 unspecified atom stereocenters. The molecule has 28 heavy (non-hydrogen) atoms. The number of anilines is 1. The number of rotatable bonds is 8. The molecule has 3 aromatic rings. The zero-order valence-electron chi connectivity index (χ0n) is 16.7. The van der Waals surface area contributed by atoms with Crippen molar-refractivity contribution in [2.75, 3.05) is 11.1 Å². The molecule has 0 fully saturated rings. The van der Waals surface area contributed by atoms with Crippen molar-refractivity contribution in [3.63, 3.8) is 0 Å². The molecule has 0 saturated heterocycles. The number of aromatic nitrogens is 2. The van der Waals surface area contributed by atoms with Crippen LogP contribution < -0.4 is 5.32 Å². The summed E-state index contributed by atoms with van der Waals surface area (Å²) in [7, 11) is 0. The molecule has 0 spiro atoms. The molecule has 0 aliphatic carbocycles. The van der Waals surface area contributed by atoms with E-state index in [-0.39, 0.29) is 5.91 Å². The van der Waals surface area contributed by atoms with Crippen LogP contribution in [0.1, 0.15) is 31.2 Å². The Morgan fingerprint density at radius 3 is 2.54 bits per heavy atom. The fraction of sp³-hybridized carbons (Fsp3) is 0.304. The number of benzene rings is 2. The highest BCUT2D eigenvalue weighted by Crippen LogP contribution is 2.28. The lowest BCUT2D eigenvalue weighted by molar-refractivity contribution is -0.113. The molecule has 0 radical (unpaired) electrons. The Hall–Kier alpha value is -2.53. The van der Waals surface area contributed by atoms with Gasteiger partial charge in [-0.05, 0) is 31.9 Å². The van der Waals surface area contributed by atoms with Crippen molar-refractivity contribution in [2.45, 2.75) is 45.3 Å². The molecule has 1 aromatic heterocycles. The van der Waals surface area contributed by atoms with Crippen LogP contribution >= 0.6 is 11.8 Å². The van der Waals surface area contributed by atoms with E-state index in [2.05, 4.69) is 40.8 Å². The number of nitrogens with one attached hydrogen (secondary N) is 1. The molecule has 1 amide bonds. The molecular weight excluding hydrogens is 366 g/mol. The first-order valence-electron chi connectivity index (χ1n) is 9.71. The lowest BCUT2D eigenvalue weighted by Crippen LogP contribution is -2.15. The first-order valence-corrected chi connectivity index (χ1v) is 10.7. The third-order valence-corrected chi connectivity index (χ3v) is 5.75. The van der Waals surface area contributed by atoms with Crippen LogP contribution in [-0.2, 0) is 11.3 Å². The highest BCUT2D eigenvalue weighted by molar-refractivity contribution is 7.99. The van der Waals surface area contributed by atoms with Gasteiger partial charge in [-0.2, -0.15) is 0 Å². The summed E-state index contributed by atoms with van der Waals surface area (Å²) >= 11 is 1.50. The molecule has 0 saturated carbocycles. The van der Waals surface area contributed by atoms with E-state index in [0.717, 1.165) is 47.1 Å². The maximum atomic E-state index is 12.6. The average molecular weight is 394 g/mol. The van der Waals surface area contributed by atoms with Gasteiger partial charge in [-0.15, -0.1) is 0 Å². The fourth-order valence-corrected chi connectivity index (χ4v) is 4.01. The Morgan fingerprint density at radius 1 is 1.07 bits per heavy atom. The maximum absolute atomic E-state index is 12.6. The van der Waals surface area contributed by atoms with Crippen LogP contribution in [0.4, 0.5) is 5.69 Å². The minimum absolute atomic E-state index is 0.0197. The second-order valence-corrected chi connectivity index (χ2v) is 7.76. The van der Waals surface area contributed by atoms with Gasteiger partial charge in [0, 0.05) is 23.5 Å². The van der Waals surface area contributed by atoms with Gasteiger partial charge in [0.15, 0.2) is 5.16 Å². The smallest absolute Gasteiger partial charge is 0.234 e. The predicted octanol–water partition coefficient (Wildman–Crippen LogP) is 5.70. The van der Waals surface area contributed by atoms with Crippen LogP contribution in [0.25, 0.3) is 11.1 Å². The van der Waals surface area contributed by atoms with Crippen molar-refractivity contribution in [1.29, 1.82) is 0 Å². The second kappa shape index (κ2) is 9.60. The van der Waals surface area contributed by atoms with Gasteiger partial charge in [0.25, 0.3) is 0 Å². The number of carbonyl (C=O) groups is 1. The SMILES string of the molecule is CCCCn1c(SCC(=O)Nc2ccccc2-c2ccccc2)nc(C)c1C. The number of nitrogens with zero attached hydrogens (tertiary/aromatic N) is 2. The van der Waals surface area contributed by atoms with Crippen molar-refractivity contribution in [1.82, 2.24) is 9.55 Å². The second-order valence-electron chi connectivity index (χ2n) is 6.82. The van der Waals surface area contributed by atoms with Gasteiger partial charge in [0.1, 0.15) is 0 Å². The van der Waals surface area contributed by atoms with Crippen molar-refractivity contribution in [3.8, 4) is 11.1 Å². The number of imidazole rings is 1. The number of hydrogen-bond acceptors (Lipinski definition) is 3. The molecule has 0 bridgehead atoms. The largest absolute Gasteiger partial charge is 0.325 e. The Labute approximate surface area is 171 Å². The van der Waals surface area contributed by atoms with Crippen LogP contribution in [-0.4, -0.2) is 21.2 Å². The Bertz CT molecular complexity index is 934. The minimum Gasteiger partial charge on any atom is -0.325 e. The average Bonchev–Trinajstić information content (AvgIpc) is 2.99. The molecule has 1 N–H and O–H groups in total. The molecule has 0 aliphatic rings. The zero-order chi connectivity index (χ0) is 19.9. The number of amides is 1. The van der Waals surface area contributed by atoms with Gasteiger partial charge in [-0.3, -0.25) is 4.79 Å². The molecule has 1 heterocycles. The van der Waals surface area contributed by atoms with E-state index in [1.165, 1.54) is 17.5 Å². The van der Waals surface area contributed by atoms with Gasteiger partial charge in [0.05, 0.1) is 11.4 Å². The third-order valence-electron chi connectivity index (χ3n) is 4.78. The number of hydrogen-bond donors (Lipinski definition) is 1. The summed E-state index contributed by atoms with van der Waals surface area (Å²) in [4.78, 5) is 17.3. The first-order chi connectivity index (χ1) is 13.6. The fourth-order valence-electron chi connectivity index (χ4n) is 3.09. The van der Waals surface area contributed by atoms with Crippen molar-refractivity contribution < 1.29 is 4.79 Å². The summed E-state index contributed by atoms with van der Waals surface area (Å²) in [5.41, 5.74) is 5.17. The molecule has 0 atom stereocenters. The van der Waals surface area contributed by atoms with E-state index in [4.69, 9.17) is 0 Å². The molecule has 5 heteroatoms. The van der Waals surface area contributed by atoms with Gasteiger partial charge < -0.3 is 9.88 Å². The normalized spacial score (nSPS) is 10.8. The summed E-state index contributed by atoms with van der Waals surface area (Å²) in [6.07, 6.45) is 2.25. The molecular formula is C23H27N3OS. The molecule has 146 valence electrons. The topological polar surface area (TPSA) is 46.9 Å². The Balaban J connectivity index is 1.69. The molecule has 4 nitrogen and oxygen atoms in total. The van der Waals surface area contributed by atoms with Gasteiger partial charge >= 0.3 is 0 Å². The van der Waals surface area contributed by atoms with Gasteiger partial charge in [-0.1, -0.05) is 73.6 Å². The van der Waals surface area contributed by atoms with Crippen molar-refractivity contribution in [3.05, 3.63) is 66.0 Å². The molecule has 3 rings (SSSR count). The lowest BCUT2D eigenvalue weighted by atomic mass is 10.0. The number of para-hydroxylation sites is 1. The van der Waals surface area contributed by atoms with Crippen molar-refractivity contribution in [2.24, 2.45) is 0 Å². The van der Waals surface area contributed by atoms with E-state index in [9.17, 15) is 4.79 Å². The van der Waals surface area contributed by atoms with Crippen LogP contribution in [0.5, 0.6) is 0 Å². The number of aryl methyl sites for hydroxylation is 1. The number of carbonyl (C=O) groups excluding carboxylic acids is 1. The first kappa shape index (κ1) is 20.2. The Morgan fingerprint density at radius 2 is 1.79 bits per heavy atom. The number of unbranched alkanes of at least 4 members (excludes halogenated alkanes) is 1. The monoisotopic (exact) mass is 393 g/mol. The van der Waals surface area contributed by atoms with Crippen LogP contribution in [0.2, 0.25) is 0 Å². The Kier molecular flexibility index (Phi) is 6.93. The lowest BCUT2D eigenvalue weighted by Gasteiger charge is -2.12. The van der Waals surface area contributed by atoms with E-state index in [1.807, 2.05) is 49.4 Å². The van der Waals surface area contributed by atoms with E-state index >= 15 is 0 Å². The summed E-state index contributed by atoms with van der Waals surface area (Å²) in [5.74, 6) is 0.319. The minimum atomic E-state index is -0.0197. The summed E-state index contributed by atoms with van der Waals surface area (Å²) in [6.45, 7) is 7.25. The summed E-state index contributed by atoms with van der Waals surface area (Å²) < 4.78 is 2.23. The molecule has 2 aromatic carbocycles. The van der Waals surface area contributed by atoms with Crippen LogP contribution in [0.3, 0.4) is 0 Å². The van der Waals surface area contributed by atoms with Crippen LogP contribution in [0.15, 0.2) is 59.8 Å². The van der Waals surface area contributed by atoms with E-state index < -0.39 is 0 Å². The summed E-state index contributed by atoms with van der Waals surface area (Å²) in [6, 6.07) is 18.0. The molecule has 0 aliphatic heterocycles. The van der Waals surface area contributed by atoms with Crippen LogP contribution in [0, 0.1) is 13.8 Å². The van der Waals surface area contributed by atoms with E-state index in [0.29, 0.717) is 5.75 Å². The highest BCUT2D eigenvalue weighted by atomic mass is 32.2. The maximum Gasteiger partial charge on any atom is 0.234 e. The van der Waals surface area contributed by atoms with Crippen molar-refractivity contribution >= 4 is 23.4 Å². The zero-order valence-corrected chi connectivity index (χ0v) is 17.6. The van der Waals surface area contributed by atoms with Gasteiger partial charge in [0.2, 0.25) is 5.91 Å². The van der Waals surface area contributed by atoms with Gasteiger partial charge in [-0.25, -0.2) is 4.98 Å². The third kappa shape index (κ3) is 4.84. The predicted molar refractivity (Wildman–Crippen MR) is 118 cm³/mol. The standard InChI is InChI=1S/C23H27N3OS/c1-4-5-15-26-18(3)17(2)24-23(26)28-16-22(27)25-21-14-10-9-13-20(21)19-11-7-6-8-12-19/h6-14H,4-5,15-16H2,1-3H3,(H,25,27). The number of thioether (sulfide) groups is 1. The highest BCUT2D eigenvalue weighted by Gasteiger charge is 2.14. The summed E-state index contributed by atoms with van der Waals surface area (Å²) in [5, 5.41) is 3.99. The van der Waals surface area contributed by atoms with E-state index in [1.54, 1.807) is 0 Å².